The van der Waals surface area contributed by atoms with Crippen molar-refractivity contribution in [1.82, 2.24) is 4.98 Å². The fraction of sp³-hybridized carbons (Fsp3) is 0.188. The monoisotopic (exact) mass is 297 g/mol. The van der Waals surface area contributed by atoms with Crippen LogP contribution in [-0.2, 0) is 4.79 Å². The number of carbonyl (C=O) groups is 2. The van der Waals surface area contributed by atoms with Gasteiger partial charge in [-0.1, -0.05) is 6.07 Å². The summed E-state index contributed by atoms with van der Waals surface area (Å²) in [6.07, 6.45) is 0.995. The highest BCUT2D eigenvalue weighted by molar-refractivity contribution is 6.09. The Balaban J connectivity index is 1.91. The van der Waals surface area contributed by atoms with E-state index < -0.39 is 6.10 Å². The molecule has 22 heavy (non-hydrogen) atoms. The van der Waals surface area contributed by atoms with E-state index in [2.05, 4.69) is 15.6 Å². The predicted octanol–water partition coefficient (Wildman–Crippen LogP) is 2.36. The number of anilines is 2. The second-order valence-electron chi connectivity index (χ2n) is 5.07. The van der Waals surface area contributed by atoms with Gasteiger partial charge in [-0.15, -0.1) is 0 Å². The Bertz CT molecular complexity index is 758. The normalized spacial score (nSPS) is 16.3. The Hall–Kier alpha value is -2.89. The lowest BCUT2D eigenvalue weighted by Crippen LogP contribution is -2.35. The van der Waals surface area contributed by atoms with Gasteiger partial charge in [0.2, 0.25) is 0 Å². The van der Waals surface area contributed by atoms with Crippen LogP contribution in [-0.4, -0.2) is 22.9 Å². The highest BCUT2D eigenvalue weighted by atomic mass is 16.5. The van der Waals surface area contributed by atoms with Crippen LogP contribution in [0.25, 0.3) is 0 Å². The van der Waals surface area contributed by atoms with Gasteiger partial charge in [0.25, 0.3) is 11.8 Å². The summed E-state index contributed by atoms with van der Waals surface area (Å²) in [5.74, 6) is -0.140. The quantitative estimate of drug-likeness (QED) is 0.891. The lowest BCUT2D eigenvalue weighted by molar-refractivity contribution is -0.122. The number of pyridine rings is 1. The van der Waals surface area contributed by atoms with Gasteiger partial charge in [-0.2, -0.15) is 0 Å². The molecule has 0 fully saturated rings. The number of nitrogens with zero attached hydrogens (tertiary/aromatic N) is 1. The Kier molecular flexibility index (Phi) is 3.50. The highest BCUT2D eigenvalue weighted by Gasteiger charge is 2.27. The van der Waals surface area contributed by atoms with Crippen molar-refractivity contribution < 1.29 is 14.3 Å². The number of rotatable bonds is 2. The number of carbonyl (C=O) groups excluding carboxylic acids is 2. The minimum absolute atomic E-state index is 0.227. The van der Waals surface area contributed by atoms with Crippen molar-refractivity contribution in [2.75, 3.05) is 10.6 Å². The van der Waals surface area contributed by atoms with Crippen LogP contribution in [0.3, 0.4) is 0 Å². The molecule has 2 heterocycles. The van der Waals surface area contributed by atoms with E-state index in [1.807, 2.05) is 6.92 Å². The Morgan fingerprint density at radius 3 is 2.95 bits per heavy atom. The van der Waals surface area contributed by atoms with Crippen LogP contribution < -0.4 is 15.4 Å². The Morgan fingerprint density at radius 2 is 2.18 bits per heavy atom. The van der Waals surface area contributed by atoms with E-state index in [1.165, 1.54) is 0 Å². The minimum atomic E-state index is -0.635. The molecular formula is C16H15N3O3. The summed E-state index contributed by atoms with van der Waals surface area (Å²) in [7, 11) is 0. The largest absolute Gasteiger partial charge is 0.478 e. The third-order valence-corrected chi connectivity index (χ3v) is 3.34. The van der Waals surface area contributed by atoms with Crippen molar-refractivity contribution in [2.45, 2.75) is 20.0 Å². The zero-order chi connectivity index (χ0) is 15.7. The van der Waals surface area contributed by atoms with Gasteiger partial charge >= 0.3 is 0 Å². The molecule has 1 aliphatic heterocycles. The first-order valence-corrected chi connectivity index (χ1v) is 6.89. The SMILES string of the molecule is Cc1cc(NC(=O)c2cccc3c2OC(C)C(=O)N3)ccn1. The fourth-order valence-corrected chi connectivity index (χ4v) is 2.23. The van der Waals surface area contributed by atoms with Gasteiger partial charge in [0.05, 0.1) is 11.3 Å². The van der Waals surface area contributed by atoms with E-state index in [4.69, 9.17) is 4.74 Å². The molecule has 2 amide bonds. The first-order valence-electron chi connectivity index (χ1n) is 6.89. The molecule has 112 valence electrons. The topological polar surface area (TPSA) is 80.3 Å². The molecule has 6 heteroatoms. The van der Waals surface area contributed by atoms with Gasteiger partial charge in [0.1, 0.15) is 0 Å². The smallest absolute Gasteiger partial charge is 0.265 e. The number of nitrogens with one attached hydrogen (secondary N) is 2. The number of hydrogen-bond acceptors (Lipinski definition) is 4. The molecule has 1 atom stereocenters. The molecule has 0 spiro atoms. The van der Waals surface area contributed by atoms with Gasteiger partial charge in [0.15, 0.2) is 11.9 Å². The van der Waals surface area contributed by atoms with Crippen molar-refractivity contribution >= 4 is 23.2 Å². The average molecular weight is 297 g/mol. The number of aryl methyl sites for hydroxylation is 1. The van der Waals surface area contributed by atoms with Gasteiger partial charge < -0.3 is 15.4 Å². The standard InChI is InChI=1S/C16H15N3O3/c1-9-8-11(6-7-17-9)18-16(21)12-4-3-5-13-14(12)22-10(2)15(20)19-13/h3-8,10H,1-2H3,(H,19,20)(H,17,18,21). The third kappa shape index (κ3) is 2.63. The molecule has 0 radical (unpaired) electrons. The maximum atomic E-state index is 12.5. The molecule has 3 rings (SSSR count). The van der Waals surface area contributed by atoms with Gasteiger partial charge in [0, 0.05) is 17.6 Å². The van der Waals surface area contributed by atoms with Crippen molar-refractivity contribution in [1.29, 1.82) is 0 Å². The second-order valence-corrected chi connectivity index (χ2v) is 5.07. The van der Waals surface area contributed by atoms with E-state index in [9.17, 15) is 9.59 Å². The molecule has 1 aromatic carbocycles. The average Bonchev–Trinajstić information content (AvgIpc) is 2.48. The van der Waals surface area contributed by atoms with E-state index >= 15 is 0 Å². The zero-order valence-electron chi connectivity index (χ0n) is 12.2. The molecule has 0 aliphatic carbocycles. The molecule has 1 aliphatic rings. The Labute approximate surface area is 127 Å². The molecule has 6 nitrogen and oxygen atoms in total. The summed E-state index contributed by atoms with van der Waals surface area (Å²) in [4.78, 5) is 28.2. The number of hydrogen-bond donors (Lipinski definition) is 2. The van der Waals surface area contributed by atoms with Crippen LogP contribution in [0.2, 0.25) is 0 Å². The van der Waals surface area contributed by atoms with Crippen LogP contribution in [0.5, 0.6) is 5.75 Å². The number of ether oxygens (including phenoxy) is 1. The lowest BCUT2D eigenvalue weighted by Gasteiger charge is -2.25. The second kappa shape index (κ2) is 5.48. The van der Waals surface area contributed by atoms with Gasteiger partial charge in [-0.05, 0) is 38.1 Å². The zero-order valence-corrected chi connectivity index (χ0v) is 12.2. The van der Waals surface area contributed by atoms with Crippen LogP contribution in [0.4, 0.5) is 11.4 Å². The lowest BCUT2D eigenvalue weighted by atomic mass is 10.1. The molecule has 0 bridgehead atoms. The summed E-state index contributed by atoms with van der Waals surface area (Å²) in [5.41, 5.74) is 2.34. The minimum Gasteiger partial charge on any atom is -0.478 e. The number of amides is 2. The first-order chi connectivity index (χ1) is 10.5. The molecule has 0 saturated heterocycles. The number of fused-ring (bicyclic) bond motifs is 1. The number of benzene rings is 1. The van der Waals surface area contributed by atoms with Crippen LogP contribution in [0, 0.1) is 6.92 Å². The molecule has 1 unspecified atom stereocenters. The summed E-state index contributed by atoms with van der Waals surface area (Å²) in [6, 6.07) is 8.55. The van der Waals surface area contributed by atoms with Gasteiger partial charge in [-0.25, -0.2) is 0 Å². The van der Waals surface area contributed by atoms with Crippen molar-refractivity contribution in [3.8, 4) is 5.75 Å². The third-order valence-electron chi connectivity index (χ3n) is 3.34. The maximum Gasteiger partial charge on any atom is 0.265 e. The van der Waals surface area contributed by atoms with Crippen LogP contribution in [0.1, 0.15) is 23.0 Å². The molecular weight excluding hydrogens is 282 g/mol. The fourth-order valence-electron chi connectivity index (χ4n) is 2.23. The van der Waals surface area contributed by atoms with E-state index in [-0.39, 0.29) is 11.8 Å². The van der Waals surface area contributed by atoms with Gasteiger partial charge in [-0.3, -0.25) is 14.6 Å². The molecule has 0 saturated carbocycles. The Morgan fingerprint density at radius 1 is 1.36 bits per heavy atom. The molecule has 2 N–H and O–H groups in total. The molecule has 1 aromatic heterocycles. The summed E-state index contributed by atoms with van der Waals surface area (Å²) in [6.45, 7) is 3.49. The van der Waals surface area contributed by atoms with Crippen molar-refractivity contribution in [2.24, 2.45) is 0 Å². The van der Waals surface area contributed by atoms with E-state index in [1.54, 1.807) is 43.5 Å². The number of aromatic nitrogens is 1. The predicted molar refractivity (Wildman–Crippen MR) is 82.1 cm³/mol. The first kappa shape index (κ1) is 14.1. The van der Waals surface area contributed by atoms with Crippen LogP contribution in [0.15, 0.2) is 36.5 Å². The van der Waals surface area contributed by atoms with Crippen LogP contribution >= 0.6 is 0 Å². The van der Waals surface area contributed by atoms with E-state index in [0.29, 0.717) is 22.7 Å². The summed E-state index contributed by atoms with van der Waals surface area (Å²) in [5, 5.41) is 5.53. The van der Waals surface area contributed by atoms with Crippen molar-refractivity contribution in [3.63, 3.8) is 0 Å². The summed E-state index contributed by atoms with van der Waals surface area (Å²) < 4.78 is 5.57. The van der Waals surface area contributed by atoms with E-state index in [0.717, 1.165) is 5.69 Å². The van der Waals surface area contributed by atoms with Crippen molar-refractivity contribution in [3.05, 3.63) is 47.8 Å². The number of para-hydroxylation sites is 1. The highest BCUT2D eigenvalue weighted by Crippen LogP contribution is 2.33. The summed E-state index contributed by atoms with van der Waals surface area (Å²) >= 11 is 0. The molecule has 2 aromatic rings. The maximum absolute atomic E-state index is 12.5.